The molecule has 0 saturated heterocycles. The molecule has 24 heavy (non-hydrogen) atoms. The van der Waals surface area contributed by atoms with Gasteiger partial charge in [-0.25, -0.2) is 9.78 Å². The molecule has 128 valence electrons. The van der Waals surface area contributed by atoms with Crippen LogP contribution in [0.4, 0.5) is 0 Å². The highest BCUT2D eigenvalue weighted by atomic mass is 16.6. The summed E-state index contributed by atoms with van der Waals surface area (Å²) < 4.78 is 16.8. The number of rotatable bonds is 5. The van der Waals surface area contributed by atoms with Crippen LogP contribution in [0.2, 0.25) is 0 Å². The summed E-state index contributed by atoms with van der Waals surface area (Å²) in [4.78, 5) is 16.7. The molecule has 0 aliphatic heterocycles. The number of nitrogens with zero attached hydrogens (tertiary/aromatic N) is 2. The molecule has 0 radical (unpaired) electrons. The predicted molar refractivity (Wildman–Crippen MR) is 86.7 cm³/mol. The highest BCUT2D eigenvalue weighted by molar-refractivity contribution is 5.93. The SMILES string of the molecule is CCOC1CC(OC(=O)c2cnc3onc(CC)c3c2)C12CCC2. The van der Waals surface area contributed by atoms with E-state index in [0.717, 1.165) is 36.8 Å². The van der Waals surface area contributed by atoms with Crippen molar-refractivity contribution in [1.29, 1.82) is 0 Å². The molecule has 2 aromatic heterocycles. The normalized spacial score (nSPS) is 24.6. The van der Waals surface area contributed by atoms with Crippen LogP contribution < -0.4 is 0 Å². The fraction of sp³-hybridized carbons (Fsp3) is 0.611. The van der Waals surface area contributed by atoms with Gasteiger partial charge in [-0.2, -0.15) is 0 Å². The van der Waals surface area contributed by atoms with Crippen molar-refractivity contribution in [3.8, 4) is 0 Å². The second-order valence-electron chi connectivity index (χ2n) is 6.72. The van der Waals surface area contributed by atoms with Crippen molar-refractivity contribution in [1.82, 2.24) is 10.1 Å². The van der Waals surface area contributed by atoms with E-state index in [1.54, 1.807) is 6.07 Å². The molecule has 0 N–H and O–H groups in total. The van der Waals surface area contributed by atoms with Crippen LogP contribution in [-0.4, -0.2) is 34.9 Å². The summed E-state index contributed by atoms with van der Waals surface area (Å²) in [5.41, 5.74) is 1.77. The minimum absolute atomic E-state index is 0.0425. The maximum Gasteiger partial charge on any atom is 0.340 e. The number of carbonyl (C=O) groups is 1. The molecule has 2 aliphatic carbocycles. The maximum absolute atomic E-state index is 12.6. The standard InChI is InChI=1S/C18H22N2O4/c1-3-13-12-8-11(10-19-16(12)24-20-13)17(21)23-15-9-14(22-4-2)18(15)6-5-7-18/h8,10,14-15H,3-7,9H2,1-2H3. The third kappa shape index (κ3) is 2.24. The Kier molecular flexibility index (Phi) is 3.79. The average molecular weight is 330 g/mol. The van der Waals surface area contributed by atoms with Crippen molar-refractivity contribution in [3.05, 3.63) is 23.5 Å². The third-order valence-electron chi connectivity index (χ3n) is 5.59. The van der Waals surface area contributed by atoms with E-state index in [9.17, 15) is 4.79 Å². The Bertz CT molecular complexity index is 765. The van der Waals surface area contributed by atoms with E-state index in [-0.39, 0.29) is 23.6 Å². The van der Waals surface area contributed by atoms with Gasteiger partial charge in [0.1, 0.15) is 6.10 Å². The third-order valence-corrected chi connectivity index (χ3v) is 5.59. The van der Waals surface area contributed by atoms with Gasteiger partial charge in [-0.3, -0.25) is 0 Å². The largest absolute Gasteiger partial charge is 0.458 e. The van der Waals surface area contributed by atoms with Crippen molar-refractivity contribution in [2.24, 2.45) is 5.41 Å². The second kappa shape index (κ2) is 5.84. The molecule has 4 rings (SSSR count). The van der Waals surface area contributed by atoms with Crippen LogP contribution in [0.15, 0.2) is 16.8 Å². The Hall–Kier alpha value is -1.95. The van der Waals surface area contributed by atoms with Crippen LogP contribution in [0.3, 0.4) is 0 Å². The van der Waals surface area contributed by atoms with Gasteiger partial charge in [0.2, 0.25) is 0 Å². The van der Waals surface area contributed by atoms with E-state index in [2.05, 4.69) is 10.1 Å². The summed E-state index contributed by atoms with van der Waals surface area (Å²) in [7, 11) is 0. The van der Waals surface area contributed by atoms with E-state index in [0.29, 0.717) is 17.9 Å². The molecule has 6 nitrogen and oxygen atoms in total. The summed E-state index contributed by atoms with van der Waals surface area (Å²) in [6.45, 7) is 4.71. The van der Waals surface area contributed by atoms with Gasteiger partial charge in [0.15, 0.2) is 0 Å². The lowest BCUT2D eigenvalue weighted by atomic mass is 9.52. The number of hydrogen-bond acceptors (Lipinski definition) is 6. The Morgan fingerprint density at radius 3 is 2.88 bits per heavy atom. The number of pyridine rings is 1. The van der Waals surface area contributed by atoms with Gasteiger partial charge in [0, 0.05) is 24.6 Å². The van der Waals surface area contributed by atoms with Gasteiger partial charge < -0.3 is 14.0 Å². The van der Waals surface area contributed by atoms with Gasteiger partial charge in [-0.1, -0.05) is 18.5 Å². The smallest absolute Gasteiger partial charge is 0.340 e. The summed E-state index contributed by atoms with van der Waals surface area (Å²) in [6.07, 6.45) is 6.57. The number of fused-ring (bicyclic) bond motifs is 1. The van der Waals surface area contributed by atoms with Crippen molar-refractivity contribution < 1.29 is 18.8 Å². The lowest BCUT2D eigenvalue weighted by Crippen LogP contribution is -2.63. The molecule has 2 aromatic rings. The predicted octanol–water partition coefficient (Wildman–Crippen LogP) is 3.29. The number of aryl methyl sites for hydroxylation is 1. The fourth-order valence-electron chi connectivity index (χ4n) is 3.98. The lowest BCUT2D eigenvalue weighted by molar-refractivity contribution is -0.224. The highest BCUT2D eigenvalue weighted by Crippen LogP contribution is 2.58. The Morgan fingerprint density at radius 2 is 2.21 bits per heavy atom. The zero-order chi connectivity index (χ0) is 16.7. The zero-order valence-electron chi connectivity index (χ0n) is 14.1. The van der Waals surface area contributed by atoms with Crippen LogP contribution in [-0.2, 0) is 15.9 Å². The van der Waals surface area contributed by atoms with Crippen LogP contribution in [0, 0.1) is 5.41 Å². The van der Waals surface area contributed by atoms with Gasteiger partial charge in [-0.15, -0.1) is 0 Å². The van der Waals surface area contributed by atoms with E-state index in [4.69, 9.17) is 14.0 Å². The number of ether oxygens (including phenoxy) is 2. The minimum Gasteiger partial charge on any atom is -0.458 e. The summed E-state index contributed by atoms with van der Waals surface area (Å²) >= 11 is 0. The number of hydrogen-bond donors (Lipinski definition) is 0. The first-order valence-corrected chi connectivity index (χ1v) is 8.75. The van der Waals surface area contributed by atoms with Crippen molar-refractivity contribution in [2.75, 3.05) is 6.61 Å². The fourth-order valence-corrected chi connectivity index (χ4v) is 3.98. The van der Waals surface area contributed by atoms with Crippen molar-refractivity contribution >= 4 is 17.1 Å². The minimum atomic E-state index is -0.320. The Labute approximate surface area is 140 Å². The lowest BCUT2D eigenvalue weighted by Gasteiger charge is -2.59. The molecule has 0 amide bonds. The zero-order valence-corrected chi connectivity index (χ0v) is 14.1. The molecule has 2 fully saturated rings. The maximum atomic E-state index is 12.6. The molecule has 2 unspecified atom stereocenters. The Morgan fingerprint density at radius 1 is 1.38 bits per heavy atom. The number of carbonyl (C=O) groups excluding carboxylic acids is 1. The van der Waals surface area contributed by atoms with Gasteiger partial charge >= 0.3 is 5.97 Å². The monoisotopic (exact) mass is 330 g/mol. The van der Waals surface area contributed by atoms with Gasteiger partial charge in [0.05, 0.1) is 22.7 Å². The van der Waals surface area contributed by atoms with E-state index >= 15 is 0 Å². The van der Waals surface area contributed by atoms with Crippen molar-refractivity contribution in [3.63, 3.8) is 0 Å². The second-order valence-corrected chi connectivity index (χ2v) is 6.72. The van der Waals surface area contributed by atoms with Crippen LogP contribution in [0.1, 0.15) is 55.6 Å². The first kappa shape index (κ1) is 15.6. The molecule has 2 atom stereocenters. The van der Waals surface area contributed by atoms with Crippen LogP contribution in [0.25, 0.3) is 11.1 Å². The summed E-state index contributed by atoms with van der Waals surface area (Å²) in [6, 6.07) is 1.77. The molecule has 2 saturated carbocycles. The average Bonchev–Trinajstić information content (AvgIpc) is 2.94. The quantitative estimate of drug-likeness (QED) is 0.783. The molecular formula is C18H22N2O4. The highest BCUT2D eigenvalue weighted by Gasteiger charge is 2.61. The molecule has 6 heteroatoms. The summed E-state index contributed by atoms with van der Waals surface area (Å²) in [5.74, 6) is -0.320. The Balaban J connectivity index is 1.50. The number of esters is 1. The first-order valence-electron chi connectivity index (χ1n) is 8.75. The molecule has 0 aromatic carbocycles. The van der Waals surface area contributed by atoms with Crippen LogP contribution in [0.5, 0.6) is 0 Å². The molecule has 0 bridgehead atoms. The molecule has 2 aliphatic rings. The molecule has 1 spiro atoms. The number of aromatic nitrogens is 2. The van der Waals surface area contributed by atoms with Crippen LogP contribution >= 0.6 is 0 Å². The topological polar surface area (TPSA) is 74.5 Å². The molecule has 2 heterocycles. The van der Waals surface area contributed by atoms with Crippen molar-refractivity contribution in [2.45, 2.75) is 58.2 Å². The van der Waals surface area contributed by atoms with Gasteiger partial charge in [0.25, 0.3) is 5.71 Å². The molecular weight excluding hydrogens is 308 g/mol. The van der Waals surface area contributed by atoms with E-state index in [1.807, 2.05) is 13.8 Å². The van der Waals surface area contributed by atoms with Gasteiger partial charge in [-0.05, 0) is 32.3 Å². The van der Waals surface area contributed by atoms with E-state index in [1.165, 1.54) is 12.6 Å². The first-order chi connectivity index (χ1) is 11.7. The summed E-state index contributed by atoms with van der Waals surface area (Å²) in [5, 5.41) is 4.76. The van der Waals surface area contributed by atoms with E-state index < -0.39 is 0 Å².